The monoisotopic (exact) mass is 276 g/mol. The Bertz CT molecular complexity index is 421. The van der Waals surface area contributed by atoms with Gasteiger partial charge >= 0.3 is 0 Å². The van der Waals surface area contributed by atoms with Crippen LogP contribution in [-0.2, 0) is 0 Å². The molecule has 0 saturated carbocycles. The van der Waals surface area contributed by atoms with Crippen LogP contribution in [0.2, 0.25) is 0 Å². The maximum atomic E-state index is 6.52. The smallest absolute Gasteiger partial charge is 0.124 e. The predicted molar refractivity (Wildman–Crippen MR) is 83.9 cm³/mol. The van der Waals surface area contributed by atoms with Gasteiger partial charge in [-0.25, -0.2) is 0 Å². The van der Waals surface area contributed by atoms with Crippen molar-refractivity contribution in [3.05, 3.63) is 29.8 Å². The van der Waals surface area contributed by atoms with Crippen LogP contribution in [-0.4, -0.2) is 30.6 Å². The normalized spacial score (nSPS) is 22.2. The molecule has 0 amide bonds. The van der Waals surface area contributed by atoms with Crippen molar-refractivity contribution >= 4 is 0 Å². The van der Waals surface area contributed by atoms with E-state index in [1.807, 2.05) is 18.2 Å². The zero-order valence-electron chi connectivity index (χ0n) is 13.2. The lowest BCUT2D eigenvalue weighted by Gasteiger charge is -2.40. The molecule has 3 heteroatoms. The first kappa shape index (κ1) is 15.3. The van der Waals surface area contributed by atoms with Crippen molar-refractivity contribution in [1.82, 2.24) is 4.90 Å². The second kappa shape index (κ2) is 6.59. The molecular weight excluding hydrogens is 248 g/mol. The maximum absolute atomic E-state index is 6.52. The lowest BCUT2D eigenvalue weighted by Crippen LogP contribution is -2.51. The van der Waals surface area contributed by atoms with Gasteiger partial charge in [0.25, 0.3) is 0 Å². The minimum atomic E-state index is 0.0393. The van der Waals surface area contributed by atoms with Crippen LogP contribution >= 0.6 is 0 Å². The zero-order chi connectivity index (χ0) is 14.7. The molecule has 0 aliphatic carbocycles. The number of fused-ring (bicyclic) bond motifs is 1. The summed E-state index contributed by atoms with van der Waals surface area (Å²) in [6.45, 7) is 11.9. The molecule has 0 bridgehead atoms. The molecule has 1 aromatic carbocycles. The molecule has 1 aliphatic heterocycles. The minimum absolute atomic E-state index is 0.0393. The molecule has 1 aliphatic rings. The highest BCUT2D eigenvalue weighted by atomic mass is 16.5. The fourth-order valence-corrected chi connectivity index (χ4v) is 2.99. The summed E-state index contributed by atoms with van der Waals surface area (Å²) in [5.74, 6) is 2.22. The Morgan fingerprint density at radius 3 is 2.35 bits per heavy atom. The van der Waals surface area contributed by atoms with Crippen molar-refractivity contribution in [2.75, 3.05) is 19.7 Å². The number of hydrogen-bond acceptors (Lipinski definition) is 3. The molecule has 1 heterocycles. The van der Waals surface area contributed by atoms with Gasteiger partial charge in [-0.2, -0.15) is 0 Å². The van der Waals surface area contributed by atoms with Gasteiger partial charge in [0.1, 0.15) is 12.4 Å². The highest BCUT2D eigenvalue weighted by Crippen LogP contribution is 2.33. The fraction of sp³-hybridized carbons (Fsp3) is 0.647. The Balaban J connectivity index is 2.18. The summed E-state index contributed by atoms with van der Waals surface area (Å²) >= 11 is 0. The molecule has 1 aromatic rings. The van der Waals surface area contributed by atoms with E-state index in [0.29, 0.717) is 18.4 Å². The highest BCUT2D eigenvalue weighted by molar-refractivity contribution is 5.38. The third-order valence-electron chi connectivity index (χ3n) is 3.77. The van der Waals surface area contributed by atoms with Gasteiger partial charge in [0.05, 0.1) is 12.1 Å². The number of para-hydroxylation sites is 1. The molecule has 0 radical (unpaired) electrons. The average Bonchev–Trinajstić information content (AvgIpc) is 2.37. The van der Waals surface area contributed by atoms with E-state index in [2.05, 4.69) is 38.7 Å². The van der Waals surface area contributed by atoms with Crippen LogP contribution in [0.25, 0.3) is 0 Å². The second-order valence-electron chi connectivity index (χ2n) is 6.68. The number of hydrogen-bond donors (Lipinski definition) is 1. The first-order valence-electron chi connectivity index (χ1n) is 7.70. The Morgan fingerprint density at radius 1 is 1.15 bits per heavy atom. The van der Waals surface area contributed by atoms with Crippen molar-refractivity contribution in [3.63, 3.8) is 0 Å². The number of benzene rings is 1. The van der Waals surface area contributed by atoms with Crippen LogP contribution in [0.1, 0.15) is 39.3 Å². The Labute approximate surface area is 123 Å². The van der Waals surface area contributed by atoms with E-state index < -0.39 is 0 Å². The van der Waals surface area contributed by atoms with Crippen molar-refractivity contribution in [3.8, 4) is 5.75 Å². The topological polar surface area (TPSA) is 38.5 Å². The van der Waals surface area contributed by atoms with Gasteiger partial charge in [-0.3, -0.25) is 4.90 Å². The molecule has 0 spiro atoms. The van der Waals surface area contributed by atoms with Gasteiger partial charge in [0, 0.05) is 18.7 Å². The number of ether oxygens (including phenoxy) is 1. The van der Waals surface area contributed by atoms with Crippen molar-refractivity contribution in [2.24, 2.45) is 17.6 Å². The largest absolute Gasteiger partial charge is 0.492 e. The molecule has 2 rings (SSSR count). The van der Waals surface area contributed by atoms with Crippen molar-refractivity contribution < 1.29 is 4.74 Å². The molecule has 2 atom stereocenters. The minimum Gasteiger partial charge on any atom is -0.492 e. The predicted octanol–water partition coefficient (Wildman–Crippen LogP) is 3.06. The quantitative estimate of drug-likeness (QED) is 0.898. The maximum Gasteiger partial charge on any atom is 0.124 e. The number of rotatable bonds is 5. The Morgan fingerprint density at radius 2 is 1.75 bits per heavy atom. The Hall–Kier alpha value is -1.06. The van der Waals surface area contributed by atoms with Crippen LogP contribution in [0, 0.1) is 11.8 Å². The number of nitrogens with zero attached hydrogens (tertiary/aromatic N) is 1. The van der Waals surface area contributed by atoms with Gasteiger partial charge in [-0.05, 0) is 17.9 Å². The van der Waals surface area contributed by atoms with E-state index in [1.165, 1.54) is 0 Å². The lowest BCUT2D eigenvalue weighted by molar-refractivity contribution is 0.0779. The molecule has 2 N–H and O–H groups in total. The molecule has 0 saturated heterocycles. The first-order chi connectivity index (χ1) is 9.49. The van der Waals surface area contributed by atoms with Gasteiger partial charge in [-0.15, -0.1) is 0 Å². The molecule has 0 aromatic heterocycles. The molecular formula is C17H28N2O. The number of nitrogens with two attached hydrogens (primary N) is 1. The van der Waals surface area contributed by atoms with Crippen molar-refractivity contribution in [2.45, 2.75) is 39.8 Å². The summed E-state index contributed by atoms with van der Waals surface area (Å²) in [6, 6.07) is 8.47. The second-order valence-corrected chi connectivity index (χ2v) is 6.68. The Kier molecular flexibility index (Phi) is 5.06. The van der Waals surface area contributed by atoms with Gasteiger partial charge in [-0.1, -0.05) is 45.9 Å². The van der Waals surface area contributed by atoms with Gasteiger partial charge in [0.15, 0.2) is 0 Å². The summed E-state index contributed by atoms with van der Waals surface area (Å²) < 4.78 is 5.93. The van der Waals surface area contributed by atoms with E-state index >= 15 is 0 Å². The highest BCUT2D eigenvalue weighted by Gasteiger charge is 2.32. The summed E-state index contributed by atoms with van der Waals surface area (Å²) in [4.78, 5) is 2.51. The van der Waals surface area contributed by atoms with Gasteiger partial charge in [0.2, 0.25) is 0 Å². The zero-order valence-corrected chi connectivity index (χ0v) is 13.2. The summed E-state index contributed by atoms with van der Waals surface area (Å²) in [6.07, 6.45) is 0. The standard InChI is InChI=1S/C17H28N2O/c1-12(2)9-19(10-13(3)4)15-11-20-16-8-6-5-7-14(16)17(15)18/h5-8,12-13,15,17H,9-11,18H2,1-4H3. The van der Waals surface area contributed by atoms with E-state index in [4.69, 9.17) is 10.5 Å². The SMILES string of the molecule is CC(C)CN(CC(C)C)C1COc2ccccc2C1N. The lowest BCUT2D eigenvalue weighted by atomic mass is 9.94. The fourth-order valence-electron chi connectivity index (χ4n) is 2.99. The average molecular weight is 276 g/mol. The summed E-state index contributed by atoms with van der Waals surface area (Å²) in [5.41, 5.74) is 7.66. The van der Waals surface area contributed by atoms with Crippen LogP contribution < -0.4 is 10.5 Å². The van der Waals surface area contributed by atoms with E-state index in [1.54, 1.807) is 0 Å². The third kappa shape index (κ3) is 3.53. The van der Waals surface area contributed by atoms with E-state index in [9.17, 15) is 0 Å². The van der Waals surface area contributed by atoms with Gasteiger partial charge < -0.3 is 10.5 Å². The molecule has 3 nitrogen and oxygen atoms in total. The van der Waals surface area contributed by atoms with Crippen molar-refractivity contribution in [1.29, 1.82) is 0 Å². The third-order valence-corrected chi connectivity index (χ3v) is 3.77. The summed E-state index contributed by atoms with van der Waals surface area (Å²) in [5, 5.41) is 0. The van der Waals surface area contributed by atoms with E-state index in [-0.39, 0.29) is 12.1 Å². The van der Waals surface area contributed by atoms with Crippen LogP contribution in [0.5, 0.6) is 5.75 Å². The molecule has 20 heavy (non-hydrogen) atoms. The van der Waals surface area contributed by atoms with Crippen LogP contribution in [0.4, 0.5) is 0 Å². The molecule has 0 fully saturated rings. The summed E-state index contributed by atoms with van der Waals surface area (Å²) in [7, 11) is 0. The van der Waals surface area contributed by atoms with Crippen LogP contribution in [0.3, 0.4) is 0 Å². The molecule has 112 valence electrons. The molecule has 2 unspecified atom stereocenters. The van der Waals surface area contributed by atoms with Crippen LogP contribution in [0.15, 0.2) is 24.3 Å². The van der Waals surface area contributed by atoms with E-state index in [0.717, 1.165) is 24.4 Å². The first-order valence-corrected chi connectivity index (χ1v) is 7.70.